The Kier molecular flexibility index (Phi) is 9.01. The number of fused-ring (bicyclic) bond motifs is 1. The van der Waals surface area contributed by atoms with E-state index in [-0.39, 0.29) is 35.6 Å². The number of benzene rings is 2. The van der Waals surface area contributed by atoms with Gasteiger partial charge < -0.3 is 36.0 Å². The van der Waals surface area contributed by atoms with Gasteiger partial charge in [0, 0.05) is 47.4 Å². The number of hydrogen-bond donors (Lipinski definition) is 3. The van der Waals surface area contributed by atoms with Crippen molar-refractivity contribution >= 4 is 28.6 Å². The molecule has 6 N–H and O–H groups in total. The third-order valence-electron chi connectivity index (χ3n) is 7.85. The Balaban J connectivity index is 1.58. The molecule has 2 aromatic carbocycles. The molecule has 0 amide bonds. The summed E-state index contributed by atoms with van der Waals surface area (Å²) in [7, 11) is 3.12. The first-order valence-corrected chi connectivity index (χ1v) is 14.5. The van der Waals surface area contributed by atoms with Crippen LogP contribution in [0, 0.1) is 11.8 Å². The minimum atomic E-state index is -0.627. The molecule has 2 heterocycles. The average molecular weight is 597 g/mol. The van der Waals surface area contributed by atoms with Gasteiger partial charge in [0.1, 0.15) is 11.4 Å². The van der Waals surface area contributed by atoms with Crippen LogP contribution in [-0.4, -0.2) is 47.4 Å². The normalized spacial score (nSPS) is 16.2. The van der Waals surface area contributed by atoms with Crippen molar-refractivity contribution < 1.29 is 19.0 Å². The second-order valence-electron chi connectivity index (χ2n) is 10.7. The monoisotopic (exact) mass is 596 g/mol. The van der Waals surface area contributed by atoms with Gasteiger partial charge in [-0.25, -0.2) is 9.78 Å². The molecule has 1 aliphatic carbocycles. The molecule has 44 heavy (non-hydrogen) atoms. The van der Waals surface area contributed by atoms with Gasteiger partial charge in [0.25, 0.3) is 0 Å². The number of rotatable bonds is 7. The molecule has 11 heteroatoms. The lowest BCUT2D eigenvalue weighted by molar-refractivity contribution is 0.0524. The number of methoxy groups -OCH3 is 2. The highest BCUT2D eigenvalue weighted by molar-refractivity contribution is 5.94. The molecule has 1 aliphatic rings. The number of esters is 1. The fourth-order valence-electron chi connectivity index (χ4n) is 5.61. The minimum absolute atomic E-state index is 0.0221. The zero-order chi connectivity index (χ0) is 31.4. The number of nitrogen functional groups attached to an aromatic ring is 2. The molecular formula is C33H36N6O5. The quantitative estimate of drug-likeness (QED) is 0.212. The number of hydrogen-bond acceptors (Lipinski definition) is 10. The third-order valence-corrected chi connectivity index (χ3v) is 7.85. The maximum Gasteiger partial charge on any atom is 0.343 e. The number of pyridine rings is 1. The Morgan fingerprint density at radius 2 is 1.84 bits per heavy atom. The van der Waals surface area contributed by atoms with E-state index in [2.05, 4.69) is 21.8 Å². The number of carbonyl (C=O) groups excluding carboxylic acids is 1. The summed E-state index contributed by atoms with van der Waals surface area (Å²) in [6.45, 7) is 1.90. The zero-order valence-corrected chi connectivity index (χ0v) is 25.1. The van der Waals surface area contributed by atoms with Crippen LogP contribution < -0.4 is 32.1 Å². The molecule has 0 saturated heterocycles. The van der Waals surface area contributed by atoms with Crippen LogP contribution >= 0.6 is 0 Å². The van der Waals surface area contributed by atoms with E-state index in [0.29, 0.717) is 51.3 Å². The number of carbonyl (C=O) groups is 1. The van der Waals surface area contributed by atoms with Crippen molar-refractivity contribution in [2.24, 2.45) is 5.73 Å². The van der Waals surface area contributed by atoms with Gasteiger partial charge in [0.05, 0.1) is 31.9 Å². The predicted octanol–water partition coefficient (Wildman–Crippen LogP) is 3.58. The summed E-state index contributed by atoms with van der Waals surface area (Å²) >= 11 is 0. The van der Waals surface area contributed by atoms with Crippen LogP contribution in [0.25, 0.3) is 10.9 Å². The summed E-state index contributed by atoms with van der Waals surface area (Å²) in [5.41, 5.74) is 21.1. The molecule has 0 unspecified atom stereocenters. The van der Waals surface area contributed by atoms with Crippen molar-refractivity contribution in [3.05, 3.63) is 80.8 Å². The molecular weight excluding hydrogens is 560 g/mol. The smallest absolute Gasteiger partial charge is 0.343 e. The van der Waals surface area contributed by atoms with Crippen molar-refractivity contribution in [3.63, 3.8) is 0 Å². The second kappa shape index (κ2) is 13.1. The van der Waals surface area contributed by atoms with Crippen LogP contribution in [-0.2, 0) is 11.2 Å². The zero-order valence-electron chi connectivity index (χ0n) is 25.1. The Hall–Kier alpha value is -5.08. The molecule has 2 aromatic heterocycles. The Bertz CT molecular complexity index is 1830. The van der Waals surface area contributed by atoms with Crippen LogP contribution in [0.5, 0.6) is 11.5 Å². The molecule has 11 nitrogen and oxygen atoms in total. The van der Waals surface area contributed by atoms with E-state index >= 15 is 0 Å². The van der Waals surface area contributed by atoms with Crippen LogP contribution in [0.4, 0.5) is 11.8 Å². The largest absolute Gasteiger partial charge is 0.493 e. The molecule has 0 bridgehead atoms. The highest BCUT2D eigenvalue weighted by atomic mass is 16.5. The van der Waals surface area contributed by atoms with Gasteiger partial charge in [0.15, 0.2) is 11.5 Å². The standard InChI is InChI=1S/C33H36N6O5/c1-4-44-32(41)26-18-39(24-10-8-23(34)9-11-24)27-15-19(6-12-25(27)29(26)40)5-7-21-13-20(16-28(42-2)30(21)43-3)14-22-17-37-33(36)38-31(22)35/h6,12-13,15-18,23-24H,4,8-11,14,34H2,1-3H3,(H4,35,36,37,38). The first-order valence-electron chi connectivity index (χ1n) is 14.5. The first kappa shape index (κ1) is 30.4. The van der Waals surface area contributed by atoms with E-state index in [9.17, 15) is 9.59 Å². The van der Waals surface area contributed by atoms with Crippen molar-refractivity contribution in [1.82, 2.24) is 14.5 Å². The maximum absolute atomic E-state index is 13.4. The van der Waals surface area contributed by atoms with E-state index in [1.54, 1.807) is 45.7 Å². The molecule has 0 radical (unpaired) electrons. The van der Waals surface area contributed by atoms with E-state index in [4.69, 9.17) is 31.4 Å². The molecule has 1 fully saturated rings. The lowest BCUT2D eigenvalue weighted by atomic mass is 9.91. The average Bonchev–Trinajstić information content (AvgIpc) is 3.02. The lowest BCUT2D eigenvalue weighted by Crippen LogP contribution is -2.29. The summed E-state index contributed by atoms with van der Waals surface area (Å²) < 4.78 is 18.5. The number of nitrogens with zero attached hydrogens (tertiary/aromatic N) is 3. The molecule has 4 aromatic rings. The predicted molar refractivity (Wildman–Crippen MR) is 169 cm³/mol. The van der Waals surface area contributed by atoms with Crippen molar-refractivity contribution in [2.45, 2.75) is 51.1 Å². The first-order chi connectivity index (χ1) is 21.2. The van der Waals surface area contributed by atoms with Crippen LogP contribution in [0.2, 0.25) is 0 Å². The van der Waals surface area contributed by atoms with E-state index in [1.807, 2.05) is 22.8 Å². The summed E-state index contributed by atoms with van der Waals surface area (Å²) in [4.78, 5) is 34.2. The topological polar surface area (TPSA) is 171 Å². The highest BCUT2D eigenvalue weighted by Crippen LogP contribution is 2.34. The Morgan fingerprint density at radius 1 is 1.07 bits per heavy atom. The second-order valence-corrected chi connectivity index (χ2v) is 10.7. The maximum atomic E-state index is 13.4. The van der Waals surface area contributed by atoms with Gasteiger partial charge in [-0.1, -0.05) is 11.8 Å². The number of ether oxygens (including phenoxy) is 3. The van der Waals surface area contributed by atoms with E-state index in [0.717, 1.165) is 31.2 Å². The molecule has 228 valence electrons. The van der Waals surface area contributed by atoms with Crippen molar-refractivity contribution in [3.8, 4) is 23.3 Å². The van der Waals surface area contributed by atoms with E-state index in [1.165, 1.54) is 0 Å². The fraction of sp³-hybridized carbons (Fsp3) is 0.333. The number of nitrogens with two attached hydrogens (primary N) is 3. The lowest BCUT2D eigenvalue weighted by Gasteiger charge is -2.29. The van der Waals surface area contributed by atoms with Gasteiger partial charge in [-0.3, -0.25) is 4.79 Å². The van der Waals surface area contributed by atoms with Crippen molar-refractivity contribution in [1.29, 1.82) is 0 Å². The summed E-state index contributed by atoms with van der Waals surface area (Å²) in [5, 5.41) is 0.431. The Morgan fingerprint density at radius 3 is 2.52 bits per heavy atom. The van der Waals surface area contributed by atoms with E-state index < -0.39 is 5.97 Å². The van der Waals surface area contributed by atoms with Crippen LogP contribution in [0.3, 0.4) is 0 Å². The summed E-state index contributed by atoms with van der Waals surface area (Å²) in [5.74, 6) is 7.22. The summed E-state index contributed by atoms with van der Waals surface area (Å²) in [6, 6.07) is 9.35. The SMILES string of the molecule is CCOC(=O)c1cn(C2CCC(N)CC2)c2cc(C#Cc3cc(Cc4cnc(N)nc4N)cc(OC)c3OC)ccc2c1=O. The molecule has 0 atom stereocenters. The van der Waals surface area contributed by atoms with Gasteiger partial charge in [-0.15, -0.1) is 0 Å². The highest BCUT2D eigenvalue weighted by Gasteiger charge is 2.24. The van der Waals surface area contributed by atoms with Crippen LogP contribution in [0.15, 0.2) is 47.5 Å². The molecule has 0 aliphatic heterocycles. The molecule has 5 rings (SSSR count). The van der Waals surface area contributed by atoms with Gasteiger partial charge in [-0.05, 0) is 68.5 Å². The van der Waals surface area contributed by atoms with Crippen LogP contribution in [0.1, 0.15) is 71.3 Å². The van der Waals surface area contributed by atoms with Gasteiger partial charge in [-0.2, -0.15) is 4.98 Å². The number of anilines is 2. The molecule has 0 spiro atoms. The minimum Gasteiger partial charge on any atom is -0.493 e. The van der Waals surface area contributed by atoms with Crippen molar-refractivity contribution in [2.75, 3.05) is 32.3 Å². The third kappa shape index (κ3) is 6.31. The fourth-order valence-corrected chi connectivity index (χ4v) is 5.61. The molecule has 1 saturated carbocycles. The summed E-state index contributed by atoms with van der Waals surface area (Å²) in [6.07, 6.45) is 7.05. The van der Waals surface area contributed by atoms with Gasteiger partial charge in [0.2, 0.25) is 11.4 Å². The number of aromatic nitrogens is 3. The van der Waals surface area contributed by atoms with Gasteiger partial charge >= 0.3 is 5.97 Å². The Labute approximate surface area is 255 Å².